The predicted octanol–water partition coefficient (Wildman–Crippen LogP) is 4.84. The summed E-state index contributed by atoms with van der Waals surface area (Å²) in [5, 5.41) is 6.43. The molecule has 7 heteroatoms. The Morgan fingerprint density at radius 2 is 1.50 bits per heavy atom. The first-order valence-corrected chi connectivity index (χ1v) is 11.3. The van der Waals surface area contributed by atoms with Crippen LogP contribution in [0.4, 0.5) is 0 Å². The number of aryl methyl sites for hydroxylation is 1. The van der Waals surface area contributed by atoms with Crippen molar-refractivity contribution in [2.24, 2.45) is 7.05 Å². The predicted molar refractivity (Wildman–Crippen MR) is 132 cm³/mol. The monoisotopic (exact) mass is 472 g/mol. The number of nitrogens with zero attached hydrogens (tertiary/aromatic N) is 2. The molecule has 0 aliphatic heterocycles. The van der Waals surface area contributed by atoms with Crippen molar-refractivity contribution in [1.82, 2.24) is 20.2 Å². The molecule has 0 spiro atoms. The van der Waals surface area contributed by atoms with Crippen LogP contribution in [0.2, 0.25) is 5.02 Å². The molecule has 0 fully saturated rings. The number of carbonyl (C=O) groups is 2. The maximum absolute atomic E-state index is 13.3. The molecule has 0 unspecified atom stereocenters. The molecule has 0 aliphatic rings. The van der Waals surface area contributed by atoms with E-state index in [1.165, 1.54) is 0 Å². The van der Waals surface area contributed by atoms with Gasteiger partial charge in [-0.3, -0.25) is 9.59 Å². The standard InChI is InChI=1S/C27H25ClN4O2/c1-32-17-16-29-26(32)25(20-12-6-3-7-13-20)31-24(33)18-23(19-10-4-2-5-11-19)30-27(34)21-14-8-9-15-22(21)28/h2-17,23,25H,18H2,1H3,(H,30,34)(H,31,33)/t23-,25+/m0/s1. The molecule has 0 aliphatic carbocycles. The fourth-order valence-corrected chi connectivity index (χ4v) is 4.04. The molecule has 1 aromatic heterocycles. The number of benzene rings is 3. The van der Waals surface area contributed by atoms with E-state index in [-0.39, 0.29) is 18.2 Å². The van der Waals surface area contributed by atoms with E-state index in [4.69, 9.17) is 11.6 Å². The van der Waals surface area contributed by atoms with Crippen molar-refractivity contribution in [1.29, 1.82) is 0 Å². The van der Waals surface area contributed by atoms with E-state index in [9.17, 15) is 9.59 Å². The van der Waals surface area contributed by atoms with Crippen molar-refractivity contribution in [2.75, 3.05) is 0 Å². The smallest absolute Gasteiger partial charge is 0.253 e. The fraction of sp³-hybridized carbons (Fsp3) is 0.148. The third-order valence-electron chi connectivity index (χ3n) is 5.57. The number of carbonyl (C=O) groups excluding carboxylic acids is 2. The maximum Gasteiger partial charge on any atom is 0.253 e. The van der Waals surface area contributed by atoms with Gasteiger partial charge in [0.2, 0.25) is 5.91 Å². The highest BCUT2D eigenvalue weighted by Crippen LogP contribution is 2.23. The maximum atomic E-state index is 13.3. The number of imidazole rings is 1. The van der Waals surface area contributed by atoms with E-state index in [2.05, 4.69) is 15.6 Å². The first-order valence-electron chi connectivity index (χ1n) is 10.9. The lowest BCUT2D eigenvalue weighted by molar-refractivity contribution is -0.122. The Kier molecular flexibility index (Phi) is 7.40. The molecule has 6 nitrogen and oxygen atoms in total. The first-order chi connectivity index (χ1) is 16.5. The first kappa shape index (κ1) is 23.3. The van der Waals surface area contributed by atoms with E-state index in [1.807, 2.05) is 78.5 Å². The minimum absolute atomic E-state index is 0.0496. The van der Waals surface area contributed by atoms with Crippen LogP contribution in [0, 0.1) is 0 Å². The minimum atomic E-state index is -0.539. The van der Waals surface area contributed by atoms with Crippen LogP contribution in [0.15, 0.2) is 97.3 Å². The quantitative estimate of drug-likeness (QED) is 0.385. The molecule has 0 radical (unpaired) electrons. The molecular weight excluding hydrogens is 448 g/mol. The summed E-state index contributed by atoms with van der Waals surface area (Å²) in [7, 11) is 1.89. The number of hydrogen-bond donors (Lipinski definition) is 2. The second-order valence-corrected chi connectivity index (χ2v) is 8.34. The van der Waals surface area contributed by atoms with Crippen molar-refractivity contribution < 1.29 is 9.59 Å². The molecule has 0 saturated heterocycles. The summed E-state index contributed by atoms with van der Waals surface area (Å²) in [6, 6.07) is 25.0. The minimum Gasteiger partial charge on any atom is -0.345 e. The number of aromatic nitrogens is 2. The van der Waals surface area contributed by atoms with Gasteiger partial charge in [0, 0.05) is 19.4 Å². The van der Waals surface area contributed by atoms with Gasteiger partial charge in [-0.05, 0) is 23.3 Å². The zero-order valence-electron chi connectivity index (χ0n) is 18.7. The normalized spacial score (nSPS) is 12.5. The third-order valence-corrected chi connectivity index (χ3v) is 5.90. The van der Waals surface area contributed by atoms with Crippen LogP contribution in [-0.2, 0) is 11.8 Å². The summed E-state index contributed by atoms with van der Waals surface area (Å²) in [5.74, 6) is 0.164. The lowest BCUT2D eigenvalue weighted by atomic mass is 10.0. The van der Waals surface area contributed by atoms with Gasteiger partial charge < -0.3 is 15.2 Å². The Morgan fingerprint density at radius 1 is 0.882 bits per heavy atom. The SMILES string of the molecule is Cn1ccnc1[C@H](NC(=O)C[C@H](NC(=O)c1ccccc1Cl)c1ccccc1)c1ccccc1. The van der Waals surface area contributed by atoms with Crippen molar-refractivity contribution in [3.63, 3.8) is 0 Å². The number of amides is 2. The Labute approximate surface area is 203 Å². The summed E-state index contributed by atoms with van der Waals surface area (Å²) in [6.07, 6.45) is 3.59. The van der Waals surface area contributed by atoms with Crippen molar-refractivity contribution >= 4 is 23.4 Å². The molecule has 0 saturated carbocycles. The molecule has 0 bridgehead atoms. The van der Waals surface area contributed by atoms with E-state index < -0.39 is 12.1 Å². The van der Waals surface area contributed by atoms with E-state index in [0.29, 0.717) is 10.6 Å². The molecule has 4 rings (SSSR count). The zero-order chi connectivity index (χ0) is 23.9. The summed E-state index contributed by atoms with van der Waals surface area (Å²) >= 11 is 6.21. The summed E-state index contributed by atoms with van der Waals surface area (Å²) in [6.45, 7) is 0. The average Bonchev–Trinajstić information content (AvgIpc) is 3.29. The second kappa shape index (κ2) is 10.8. The van der Waals surface area contributed by atoms with Crippen LogP contribution >= 0.6 is 11.6 Å². The van der Waals surface area contributed by atoms with E-state index >= 15 is 0 Å². The molecule has 2 atom stereocenters. The lowest BCUT2D eigenvalue weighted by Gasteiger charge is -2.23. The lowest BCUT2D eigenvalue weighted by Crippen LogP contribution is -2.36. The summed E-state index contributed by atoms with van der Waals surface area (Å²) in [5.41, 5.74) is 2.11. The summed E-state index contributed by atoms with van der Waals surface area (Å²) in [4.78, 5) is 30.7. The second-order valence-electron chi connectivity index (χ2n) is 7.93. The Balaban J connectivity index is 1.57. The van der Waals surface area contributed by atoms with Crippen LogP contribution in [0.1, 0.15) is 45.8 Å². The van der Waals surface area contributed by atoms with Crippen LogP contribution < -0.4 is 10.6 Å². The molecule has 2 N–H and O–H groups in total. The largest absolute Gasteiger partial charge is 0.345 e. The molecular formula is C27H25ClN4O2. The number of hydrogen-bond acceptors (Lipinski definition) is 3. The molecule has 4 aromatic rings. The number of nitrogens with one attached hydrogen (secondary N) is 2. The van der Waals surface area contributed by atoms with Gasteiger partial charge in [-0.15, -0.1) is 0 Å². The van der Waals surface area contributed by atoms with Gasteiger partial charge in [-0.1, -0.05) is 84.4 Å². The average molecular weight is 473 g/mol. The van der Waals surface area contributed by atoms with Crippen molar-refractivity contribution in [2.45, 2.75) is 18.5 Å². The van der Waals surface area contributed by atoms with Crippen LogP contribution in [-0.4, -0.2) is 21.4 Å². The number of halogens is 1. The highest BCUT2D eigenvalue weighted by atomic mass is 35.5. The number of rotatable bonds is 8. The van der Waals surface area contributed by atoms with Crippen molar-refractivity contribution in [3.8, 4) is 0 Å². The van der Waals surface area contributed by atoms with Crippen LogP contribution in [0.25, 0.3) is 0 Å². The molecule has 3 aromatic carbocycles. The van der Waals surface area contributed by atoms with Gasteiger partial charge in [-0.25, -0.2) is 4.98 Å². The fourth-order valence-electron chi connectivity index (χ4n) is 3.82. The van der Waals surface area contributed by atoms with Gasteiger partial charge >= 0.3 is 0 Å². The van der Waals surface area contributed by atoms with Gasteiger partial charge in [0.25, 0.3) is 5.91 Å². The Bertz CT molecular complexity index is 1260. The molecule has 34 heavy (non-hydrogen) atoms. The van der Waals surface area contributed by atoms with Crippen molar-refractivity contribution in [3.05, 3.63) is 125 Å². The molecule has 1 heterocycles. The third kappa shape index (κ3) is 5.53. The van der Waals surface area contributed by atoms with Gasteiger partial charge in [0.1, 0.15) is 11.9 Å². The Morgan fingerprint density at radius 3 is 2.12 bits per heavy atom. The highest BCUT2D eigenvalue weighted by Gasteiger charge is 2.24. The Hall–Kier alpha value is -3.90. The molecule has 172 valence electrons. The van der Waals surface area contributed by atoms with Gasteiger partial charge in [-0.2, -0.15) is 0 Å². The van der Waals surface area contributed by atoms with Gasteiger partial charge in [0.05, 0.1) is 23.0 Å². The zero-order valence-corrected chi connectivity index (χ0v) is 19.4. The summed E-state index contributed by atoms with van der Waals surface area (Å²) < 4.78 is 1.88. The van der Waals surface area contributed by atoms with E-state index in [1.54, 1.807) is 30.5 Å². The molecule has 2 amide bonds. The van der Waals surface area contributed by atoms with E-state index in [0.717, 1.165) is 17.0 Å². The highest BCUT2D eigenvalue weighted by molar-refractivity contribution is 6.33. The topological polar surface area (TPSA) is 76.0 Å². The van der Waals surface area contributed by atoms with Crippen LogP contribution in [0.3, 0.4) is 0 Å². The van der Waals surface area contributed by atoms with Crippen LogP contribution in [0.5, 0.6) is 0 Å². The van der Waals surface area contributed by atoms with Gasteiger partial charge in [0.15, 0.2) is 0 Å².